The first-order chi connectivity index (χ1) is 9.94. The standard InChI is InChI=1S/C9H18O2.C8H16O2/c1-3-5-7-8(6-4-2)9(10)11;1-3-5-6-7(4-2)8(9)10/h8H,3-7H2,1-2H3,(H,10,11);7H,3-6H2,1-2H3,(H,9,10). The average Bonchev–Trinajstić information content (AvgIpc) is 2.44. The molecule has 0 aliphatic carbocycles. The van der Waals surface area contributed by atoms with E-state index in [1.165, 1.54) is 0 Å². The van der Waals surface area contributed by atoms with Gasteiger partial charge in [-0.25, -0.2) is 0 Å². The van der Waals surface area contributed by atoms with Crippen molar-refractivity contribution in [2.75, 3.05) is 0 Å². The maximum Gasteiger partial charge on any atom is 0.306 e. The molecule has 0 bridgehead atoms. The van der Waals surface area contributed by atoms with E-state index in [0.717, 1.165) is 57.8 Å². The van der Waals surface area contributed by atoms with Crippen LogP contribution in [-0.2, 0) is 9.59 Å². The molecule has 0 rings (SSSR count). The Kier molecular flexibility index (Phi) is 16.2. The van der Waals surface area contributed by atoms with Crippen LogP contribution in [0.3, 0.4) is 0 Å². The van der Waals surface area contributed by atoms with E-state index >= 15 is 0 Å². The molecule has 0 radical (unpaired) electrons. The molecule has 0 fully saturated rings. The summed E-state index contributed by atoms with van der Waals surface area (Å²) >= 11 is 0. The first-order valence-corrected chi connectivity index (χ1v) is 8.39. The fourth-order valence-electron chi connectivity index (χ4n) is 2.14. The number of rotatable bonds is 11. The van der Waals surface area contributed by atoms with Crippen molar-refractivity contribution in [2.45, 2.75) is 85.5 Å². The van der Waals surface area contributed by atoms with Crippen LogP contribution in [0, 0.1) is 11.8 Å². The molecule has 4 heteroatoms. The van der Waals surface area contributed by atoms with Gasteiger partial charge >= 0.3 is 11.9 Å². The summed E-state index contributed by atoms with van der Waals surface area (Å²) in [6.45, 7) is 8.12. The molecule has 0 aromatic heterocycles. The van der Waals surface area contributed by atoms with Gasteiger partial charge in [-0.05, 0) is 25.7 Å². The van der Waals surface area contributed by atoms with Gasteiger partial charge in [0.1, 0.15) is 0 Å². The predicted molar refractivity (Wildman–Crippen MR) is 86.5 cm³/mol. The van der Waals surface area contributed by atoms with Gasteiger partial charge < -0.3 is 10.2 Å². The predicted octanol–water partition coefficient (Wildman–Crippen LogP) is 4.96. The molecule has 0 saturated carbocycles. The number of hydrogen-bond acceptors (Lipinski definition) is 2. The number of carboxylic acids is 2. The summed E-state index contributed by atoms with van der Waals surface area (Å²) in [6, 6.07) is 0. The highest BCUT2D eigenvalue weighted by atomic mass is 16.4. The van der Waals surface area contributed by atoms with Gasteiger partial charge in [-0.1, -0.05) is 59.8 Å². The van der Waals surface area contributed by atoms with Crippen LogP contribution >= 0.6 is 0 Å². The minimum atomic E-state index is -0.643. The Morgan fingerprint density at radius 2 is 1.14 bits per heavy atom. The molecule has 0 spiro atoms. The third kappa shape index (κ3) is 13.7. The van der Waals surface area contributed by atoms with Gasteiger partial charge in [-0.2, -0.15) is 0 Å². The normalized spacial score (nSPS) is 13.0. The van der Waals surface area contributed by atoms with Crippen LogP contribution in [0.2, 0.25) is 0 Å². The summed E-state index contributed by atoms with van der Waals surface area (Å²) < 4.78 is 0. The molecular weight excluding hydrogens is 268 g/mol. The lowest BCUT2D eigenvalue weighted by Crippen LogP contribution is -2.12. The summed E-state index contributed by atoms with van der Waals surface area (Å²) in [5, 5.41) is 17.3. The van der Waals surface area contributed by atoms with E-state index in [9.17, 15) is 9.59 Å². The summed E-state index contributed by atoms with van der Waals surface area (Å²) in [5.41, 5.74) is 0. The molecule has 0 aliphatic rings. The minimum absolute atomic E-state index is 0.0973. The summed E-state index contributed by atoms with van der Waals surface area (Å²) in [5.74, 6) is -1.48. The third-order valence-electron chi connectivity index (χ3n) is 3.64. The molecular formula is C17H34O4. The second kappa shape index (κ2) is 15.3. The topological polar surface area (TPSA) is 74.6 Å². The summed E-state index contributed by atoms with van der Waals surface area (Å²) in [6.07, 6.45) is 8.49. The van der Waals surface area contributed by atoms with Crippen LogP contribution in [-0.4, -0.2) is 22.2 Å². The van der Waals surface area contributed by atoms with Gasteiger partial charge in [0, 0.05) is 0 Å². The molecule has 0 heterocycles. The fraction of sp³-hybridized carbons (Fsp3) is 0.882. The monoisotopic (exact) mass is 302 g/mol. The first kappa shape index (κ1) is 22.2. The summed E-state index contributed by atoms with van der Waals surface area (Å²) in [4.78, 5) is 21.0. The van der Waals surface area contributed by atoms with Crippen LogP contribution in [0.15, 0.2) is 0 Å². The second-order valence-electron chi connectivity index (χ2n) is 5.55. The lowest BCUT2D eigenvalue weighted by atomic mass is 9.97. The van der Waals surface area contributed by atoms with Crippen molar-refractivity contribution in [1.82, 2.24) is 0 Å². The van der Waals surface area contributed by atoms with Crippen molar-refractivity contribution in [3.8, 4) is 0 Å². The van der Waals surface area contributed by atoms with E-state index in [-0.39, 0.29) is 11.8 Å². The van der Waals surface area contributed by atoms with Crippen LogP contribution in [0.5, 0.6) is 0 Å². The number of unbranched alkanes of at least 4 members (excludes halogenated alkanes) is 2. The molecule has 0 aromatic carbocycles. The van der Waals surface area contributed by atoms with E-state index in [1.807, 2.05) is 13.8 Å². The Morgan fingerprint density at radius 1 is 0.714 bits per heavy atom. The maximum atomic E-state index is 10.6. The zero-order chi connectivity index (χ0) is 16.7. The van der Waals surface area contributed by atoms with Gasteiger partial charge in [0.15, 0.2) is 0 Å². The Hall–Kier alpha value is -1.06. The Morgan fingerprint density at radius 3 is 1.43 bits per heavy atom. The lowest BCUT2D eigenvalue weighted by Gasteiger charge is -2.08. The first-order valence-electron chi connectivity index (χ1n) is 8.39. The second-order valence-corrected chi connectivity index (χ2v) is 5.55. The van der Waals surface area contributed by atoms with Crippen molar-refractivity contribution >= 4 is 11.9 Å². The Balaban J connectivity index is 0. The average molecular weight is 302 g/mol. The quantitative estimate of drug-likeness (QED) is 0.565. The number of carbonyl (C=O) groups is 2. The zero-order valence-electron chi connectivity index (χ0n) is 14.2. The SMILES string of the molecule is CCCCC(CC)C(=O)O.CCCCC(CCC)C(=O)O. The fourth-order valence-corrected chi connectivity index (χ4v) is 2.14. The van der Waals surface area contributed by atoms with Crippen LogP contribution in [0.4, 0.5) is 0 Å². The lowest BCUT2D eigenvalue weighted by molar-refractivity contribution is -0.143. The van der Waals surface area contributed by atoms with E-state index in [0.29, 0.717) is 0 Å². The molecule has 21 heavy (non-hydrogen) atoms. The Labute approximate surface area is 129 Å². The molecule has 2 N–H and O–H groups in total. The summed E-state index contributed by atoms with van der Waals surface area (Å²) in [7, 11) is 0. The van der Waals surface area contributed by atoms with Crippen molar-refractivity contribution in [3.63, 3.8) is 0 Å². The van der Waals surface area contributed by atoms with Crippen molar-refractivity contribution in [3.05, 3.63) is 0 Å². The van der Waals surface area contributed by atoms with E-state index in [4.69, 9.17) is 10.2 Å². The van der Waals surface area contributed by atoms with E-state index in [2.05, 4.69) is 13.8 Å². The highest BCUT2D eigenvalue weighted by Crippen LogP contribution is 2.14. The highest BCUT2D eigenvalue weighted by Gasteiger charge is 2.14. The molecule has 0 aromatic rings. The number of carboxylic acid groups (broad SMARTS) is 2. The van der Waals surface area contributed by atoms with Gasteiger partial charge in [-0.3, -0.25) is 9.59 Å². The van der Waals surface area contributed by atoms with Crippen molar-refractivity contribution < 1.29 is 19.8 Å². The molecule has 2 atom stereocenters. The van der Waals surface area contributed by atoms with Crippen molar-refractivity contribution in [1.29, 1.82) is 0 Å². The molecule has 4 nitrogen and oxygen atoms in total. The molecule has 126 valence electrons. The maximum absolute atomic E-state index is 10.6. The van der Waals surface area contributed by atoms with Crippen molar-refractivity contribution in [2.24, 2.45) is 11.8 Å². The largest absolute Gasteiger partial charge is 0.481 e. The van der Waals surface area contributed by atoms with Gasteiger partial charge in [0.2, 0.25) is 0 Å². The number of hydrogen-bond donors (Lipinski definition) is 2. The van der Waals surface area contributed by atoms with Gasteiger partial charge in [0.25, 0.3) is 0 Å². The molecule has 0 amide bonds. The van der Waals surface area contributed by atoms with E-state index < -0.39 is 11.9 Å². The smallest absolute Gasteiger partial charge is 0.306 e. The minimum Gasteiger partial charge on any atom is -0.481 e. The van der Waals surface area contributed by atoms with Gasteiger partial charge in [-0.15, -0.1) is 0 Å². The molecule has 2 unspecified atom stereocenters. The van der Waals surface area contributed by atoms with Crippen LogP contribution in [0.1, 0.15) is 85.5 Å². The highest BCUT2D eigenvalue weighted by molar-refractivity contribution is 5.70. The third-order valence-corrected chi connectivity index (χ3v) is 3.64. The van der Waals surface area contributed by atoms with Crippen LogP contribution in [0.25, 0.3) is 0 Å². The number of aliphatic carboxylic acids is 2. The zero-order valence-corrected chi connectivity index (χ0v) is 14.2. The van der Waals surface area contributed by atoms with Gasteiger partial charge in [0.05, 0.1) is 11.8 Å². The molecule has 0 saturated heterocycles. The molecule has 0 aliphatic heterocycles. The van der Waals surface area contributed by atoms with Crippen LogP contribution < -0.4 is 0 Å². The Bertz CT molecular complexity index is 264. The van der Waals surface area contributed by atoms with E-state index in [1.54, 1.807) is 0 Å².